The van der Waals surface area contributed by atoms with Crippen LogP contribution in [-0.2, 0) is 6.54 Å². The number of aryl methyl sites for hydroxylation is 2. The van der Waals surface area contributed by atoms with Gasteiger partial charge in [-0.15, -0.1) is 11.3 Å². The Morgan fingerprint density at radius 1 is 1.28 bits per heavy atom. The molecule has 1 saturated heterocycles. The number of aromatic nitrogens is 5. The summed E-state index contributed by atoms with van der Waals surface area (Å²) in [6.07, 6.45) is 6.18. The van der Waals surface area contributed by atoms with E-state index >= 15 is 0 Å². The minimum atomic E-state index is 0.443. The molecule has 0 bridgehead atoms. The fourth-order valence-corrected chi connectivity index (χ4v) is 4.08. The minimum Gasteiger partial charge on any atom is -0.341 e. The molecule has 3 aromatic rings. The summed E-state index contributed by atoms with van der Waals surface area (Å²) in [5.74, 6) is 2.07. The zero-order valence-electron chi connectivity index (χ0n) is 14.6. The Hall–Kier alpha value is -2.12. The molecule has 6 nitrogen and oxygen atoms in total. The second kappa shape index (κ2) is 7.01. The molecule has 0 amide bonds. The van der Waals surface area contributed by atoms with Gasteiger partial charge in [0.2, 0.25) is 0 Å². The topological polar surface area (TPSA) is 70.6 Å². The van der Waals surface area contributed by atoms with Crippen LogP contribution in [0.2, 0.25) is 0 Å². The molecule has 1 fully saturated rings. The van der Waals surface area contributed by atoms with Gasteiger partial charge in [-0.1, -0.05) is 0 Å². The predicted molar refractivity (Wildman–Crippen MR) is 98.5 cm³/mol. The number of hydrogen-bond donors (Lipinski definition) is 1. The van der Waals surface area contributed by atoms with E-state index in [2.05, 4.69) is 30.9 Å². The van der Waals surface area contributed by atoms with E-state index in [0.717, 1.165) is 48.4 Å². The van der Waals surface area contributed by atoms with Crippen molar-refractivity contribution >= 4 is 11.3 Å². The first-order valence-corrected chi connectivity index (χ1v) is 9.52. The lowest BCUT2D eigenvalue weighted by molar-refractivity contribution is 0.200. The number of aromatic amines is 1. The zero-order valence-corrected chi connectivity index (χ0v) is 15.4. The molecule has 4 heterocycles. The third-order valence-corrected chi connectivity index (χ3v) is 5.35. The molecule has 3 aromatic heterocycles. The normalized spacial score (nSPS) is 18.6. The first-order chi connectivity index (χ1) is 12.2. The number of nitrogens with one attached hydrogen (secondary N) is 1. The highest BCUT2D eigenvalue weighted by molar-refractivity contribution is 7.09. The largest absolute Gasteiger partial charge is 0.341 e. The van der Waals surface area contributed by atoms with Gasteiger partial charge in [-0.05, 0) is 39.3 Å². The van der Waals surface area contributed by atoms with Crippen molar-refractivity contribution in [3.8, 4) is 11.5 Å². The molecule has 1 unspecified atom stereocenters. The van der Waals surface area contributed by atoms with Crippen molar-refractivity contribution in [2.75, 3.05) is 13.1 Å². The van der Waals surface area contributed by atoms with Gasteiger partial charge in [0.05, 0.1) is 5.51 Å². The Labute approximate surface area is 151 Å². The summed E-state index contributed by atoms with van der Waals surface area (Å²) < 4.78 is 0. The van der Waals surface area contributed by atoms with Crippen LogP contribution in [0.4, 0.5) is 0 Å². The maximum absolute atomic E-state index is 4.73. The van der Waals surface area contributed by atoms with Crippen molar-refractivity contribution < 1.29 is 0 Å². The minimum absolute atomic E-state index is 0.443. The second-order valence-electron chi connectivity index (χ2n) is 6.68. The number of imidazole rings is 1. The lowest BCUT2D eigenvalue weighted by Crippen LogP contribution is -2.34. The Kier molecular flexibility index (Phi) is 4.59. The molecule has 1 atom stereocenters. The Balaban J connectivity index is 1.55. The van der Waals surface area contributed by atoms with Gasteiger partial charge in [0.15, 0.2) is 5.82 Å². The first-order valence-electron chi connectivity index (χ1n) is 8.64. The third kappa shape index (κ3) is 3.77. The summed E-state index contributed by atoms with van der Waals surface area (Å²) in [6.45, 7) is 7.12. The summed E-state index contributed by atoms with van der Waals surface area (Å²) in [7, 11) is 0. The van der Waals surface area contributed by atoms with Crippen molar-refractivity contribution in [2.24, 2.45) is 0 Å². The van der Waals surface area contributed by atoms with Gasteiger partial charge in [0, 0.05) is 47.7 Å². The standard InChI is InChI=1S/C18H22N6S/c1-12-7-20-18(21-12)17-6-16(22-13(2)23-17)14-4-3-5-24(9-14)10-15-8-19-11-25-15/h6-8,11,14H,3-5,9-10H2,1-2H3,(H,20,21). The Morgan fingerprint density at radius 3 is 2.96 bits per heavy atom. The van der Waals surface area contributed by atoms with Crippen LogP contribution in [0.3, 0.4) is 0 Å². The van der Waals surface area contributed by atoms with E-state index in [-0.39, 0.29) is 0 Å². The lowest BCUT2D eigenvalue weighted by atomic mass is 9.94. The second-order valence-corrected chi connectivity index (χ2v) is 7.65. The number of thiazole rings is 1. The highest BCUT2D eigenvalue weighted by Gasteiger charge is 2.24. The summed E-state index contributed by atoms with van der Waals surface area (Å²) in [6, 6.07) is 2.10. The maximum Gasteiger partial charge on any atom is 0.156 e. The van der Waals surface area contributed by atoms with Crippen LogP contribution in [0, 0.1) is 13.8 Å². The molecule has 7 heteroatoms. The summed E-state index contributed by atoms with van der Waals surface area (Å²) in [5.41, 5.74) is 4.96. The van der Waals surface area contributed by atoms with Gasteiger partial charge in [0.1, 0.15) is 11.5 Å². The van der Waals surface area contributed by atoms with Gasteiger partial charge in [-0.2, -0.15) is 0 Å². The van der Waals surface area contributed by atoms with E-state index in [1.807, 2.05) is 31.8 Å². The number of hydrogen-bond acceptors (Lipinski definition) is 6. The number of H-pyrrole nitrogens is 1. The quantitative estimate of drug-likeness (QED) is 0.778. The first kappa shape index (κ1) is 16.4. The fraction of sp³-hybridized carbons (Fsp3) is 0.444. The van der Waals surface area contributed by atoms with Gasteiger partial charge in [-0.3, -0.25) is 9.88 Å². The van der Waals surface area contributed by atoms with E-state index in [4.69, 9.17) is 4.98 Å². The molecule has 1 N–H and O–H groups in total. The van der Waals surface area contributed by atoms with Crippen LogP contribution < -0.4 is 0 Å². The molecule has 1 aliphatic heterocycles. The van der Waals surface area contributed by atoms with E-state index in [0.29, 0.717) is 5.92 Å². The number of piperidine rings is 1. The summed E-state index contributed by atoms with van der Waals surface area (Å²) in [5, 5.41) is 0. The van der Waals surface area contributed by atoms with Crippen LogP contribution in [0.25, 0.3) is 11.5 Å². The summed E-state index contributed by atoms with van der Waals surface area (Å²) in [4.78, 5) is 25.0. The molecule has 4 rings (SSSR count). The monoisotopic (exact) mass is 354 g/mol. The van der Waals surface area contributed by atoms with Crippen LogP contribution >= 0.6 is 11.3 Å². The Morgan fingerprint density at radius 2 is 2.20 bits per heavy atom. The molecule has 0 radical (unpaired) electrons. The molecular weight excluding hydrogens is 332 g/mol. The van der Waals surface area contributed by atoms with Gasteiger partial charge in [-0.25, -0.2) is 15.0 Å². The van der Waals surface area contributed by atoms with Crippen molar-refractivity contribution in [1.82, 2.24) is 29.8 Å². The smallest absolute Gasteiger partial charge is 0.156 e. The molecule has 1 aliphatic rings. The van der Waals surface area contributed by atoms with Gasteiger partial charge in [0.25, 0.3) is 0 Å². The lowest BCUT2D eigenvalue weighted by Gasteiger charge is -2.32. The SMILES string of the molecule is Cc1nc(-c2ncc(C)[nH]2)cc(C2CCCN(Cc3cncs3)C2)n1. The number of rotatable bonds is 4. The van der Waals surface area contributed by atoms with Gasteiger partial charge >= 0.3 is 0 Å². The third-order valence-electron chi connectivity index (χ3n) is 4.59. The van der Waals surface area contributed by atoms with Crippen LogP contribution in [-0.4, -0.2) is 42.9 Å². The van der Waals surface area contributed by atoms with E-state index in [9.17, 15) is 0 Å². The van der Waals surface area contributed by atoms with Crippen LogP contribution in [0.1, 0.15) is 40.8 Å². The molecule has 25 heavy (non-hydrogen) atoms. The van der Waals surface area contributed by atoms with E-state index in [1.54, 1.807) is 11.3 Å². The van der Waals surface area contributed by atoms with E-state index < -0.39 is 0 Å². The summed E-state index contributed by atoms with van der Waals surface area (Å²) >= 11 is 1.73. The molecule has 130 valence electrons. The van der Waals surface area contributed by atoms with Crippen molar-refractivity contribution in [3.05, 3.63) is 46.1 Å². The molecular formula is C18H22N6S. The average molecular weight is 354 g/mol. The average Bonchev–Trinajstić information content (AvgIpc) is 3.26. The number of nitrogens with zero attached hydrogens (tertiary/aromatic N) is 5. The van der Waals surface area contributed by atoms with Gasteiger partial charge < -0.3 is 4.98 Å². The molecule has 0 aromatic carbocycles. The maximum atomic E-state index is 4.73. The van der Waals surface area contributed by atoms with Crippen molar-refractivity contribution in [1.29, 1.82) is 0 Å². The molecule has 0 aliphatic carbocycles. The van der Waals surface area contributed by atoms with Crippen LogP contribution in [0.15, 0.2) is 24.0 Å². The zero-order chi connectivity index (χ0) is 17.2. The highest BCUT2D eigenvalue weighted by atomic mass is 32.1. The Bertz CT molecular complexity index is 841. The molecule has 0 spiro atoms. The fourth-order valence-electron chi connectivity index (χ4n) is 3.45. The van der Waals surface area contributed by atoms with Crippen LogP contribution in [0.5, 0.6) is 0 Å². The van der Waals surface area contributed by atoms with Crippen molar-refractivity contribution in [2.45, 2.75) is 39.2 Å². The van der Waals surface area contributed by atoms with Crippen molar-refractivity contribution in [3.63, 3.8) is 0 Å². The highest BCUT2D eigenvalue weighted by Crippen LogP contribution is 2.28. The molecule has 0 saturated carbocycles. The van der Waals surface area contributed by atoms with E-state index in [1.165, 1.54) is 17.7 Å². The number of likely N-dealkylation sites (tertiary alicyclic amines) is 1. The predicted octanol–water partition coefficient (Wildman–Crippen LogP) is 3.32.